The van der Waals surface area contributed by atoms with Gasteiger partial charge in [-0.25, -0.2) is 0 Å². The Bertz CT molecular complexity index is 245. The van der Waals surface area contributed by atoms with Gasteiger partial charge in [0.2, 0.25) is 5.91 Å². The van der Waals surface area contributed by atoms with Gasteiger partial charge in [-0.2, -0.15) is 0 Å². The maximum absolute atomic E-state index is 11.6. The Labute approximate surface area is 83.1 Å². The summed E-state index contributed by atoms with van der Waals surface area (Å²) in [5.74, 6) is -0.561. The van der Waals surface area contributed by atoms with Gasteiger partial charge in [0.25, 0.3) is 5.91 Å². The summed E-state index contributed by atoms with van der Waals surface area (Å²) in [5.41, 5.74) is -1.40. The fourth-order valence-corrected chi connectivity index (χ4v) is 1.37. The van der Waals surface area contributed by atoms with E-state index in [1.807, 2.05) is 0 Å². The van der Waals surface area contributed by atoms with Gasteiger partial charge in [0, 0.05) is 13.1 Å². The van der Waals surface area contributed by atoms with Crippen molar-refractivity contribution in [2.24, 2.45) is 0 Å². The van der Waals surface area contributed by atoms with Crippen LogP contribution in [-0.2, 0) is 9.59 Å². The number of hydrogen-bond acceptors (Lipinski definition) is 3. The summed E-state index contributed by atoms with van der Waals surface area (Å²) in [6.07, 6.45) is 0.730. The van der Waals surface area contributed by atoms with E-state index in [9.17, 15) is 14.7 Å². The largest absolute Gasteiger partial charge is 0.381 e. The zero-order valence-corrected chi connectivity index (χ0v) is 8.54. The van der Waals surface area contributed by atoms with Crippen molar-refractivity contribution < 1.29 is 14.7 Å². The number of aliphatic hydroxyl groups is 1. The monoisotopic (exact) mass is 200 g/mol. The first-order chi connectivity index (χ1) is 6.41. The third kappa shape index (κ3) is 2.70. The minimum Gasteiger partial charge on any atom is -0.381 e. The standard InChI is InChI=1S/C9H16N2O3/c1-9(2,14)8(13)11-5-3-4-10-7(12)6-11/h14H,3-6H2,1-2H3,(H,10,12). The summed E-state index contributed by atoms with van der Waals surface area (Å²) >= 11 is 0. The summed E-state index contributed by atoms with van der Waals surface area (Å²) in [5, 5.41) is 12.2. The van der Waals surface area contributed by atoms with Gasteiger partial charge >= 0.3 is 0 Å². The van der Waals surface area contributed by atoms with Crippen molar-refractivity contribution in [2.45, 2.75) is 25.9 Å². The molecule has 0 saturated carbocycles. The minimum atomic E-state index is -1.40. The van der Waals surface area contributed by atoms with E-state index in [-0.39, 0.29) is 12.5 Å². The Hall–Kier alpha value is -1.10. The molecule has 5 heteroatoms. The summed E-state index contributed by atoms with van der Waals surface area (Å²) in [6.45, 7) is 4.01. The molecular formula is C9H16N2O3. The number of nitrogens with one attached hydrogen (secondary N) is 1. The van der Waals surface area contributed by atoms with Crippen molar-refractivity contribution >= 4 is 11.8 Å². The molecule has 14 heavy (non-hydrogen) atoms. The molecule has 1 aliphatic heterocycles. The molecule has 0 unspecified atom stereocenters. The van der Waals surface area contributed by atoms with Gasteiger partial charge in [0.05, 0.1) is 6.54 Å². The van der Waals surface area contributed by atoms with Gasteiger partial charge in [0.1, 0.15) is 5.60 Å². The first kappa shape index (κ1) is 11.0. The lowest BCUT2D eigenvalue weighted by Gasteiger charge is -2.26. The number of carbonyl (C=O) groups is 2. The van der Waals surface area contributed by atoms with E-state index in [0.29, 0.717) is 13.1 Å². The molecule has 1 saturated heterocycles. The summed E-state index contributed by atoms with van der Waals surface area (Å²) in [7, 11) is 0. The van der Waals surface area contributed by atoms with E-state index < -0.39 is 11.5 Å². The van der Waals surface area contributed by atoms with Gasteiger partial charge in [0.15, 0.2) is 0 Å². The van der Waals surface area contributed by atoms with Crippen molar-refractivity contribution in [1.29, 1.82) is 0 Å². The molecule has 5 nitrogen and oxygen atoms in total. The van der Waals surface area contributed by atoms with E-state index in [0.717, 1.165) is 6.42 Å². The van der Waals surface area contributed by atoms with E-state index in [1.54, 1.807) is 0 Å². The van der Waals surface area contributed by atoms with Crippen LogP contribution in [0.5, 0.6) is 0 Å². The molecule has 0 radical (unpaired) electrons. The summed E-state index contributed by atoms with van der Waals surface area (Å²) in [6, 6.07) is 0. The third-order valence-corrected chi connectivity index (χ3v) is 2.07. The molecule has 2 N–H and O–H groups in total. The van der Waals surface area contributed by atoms with Crippen molar-refractivity contribution in [2.75, 3.05) is 19.6 Å². The van der Waals surface area contributed by atoms with Gasteiger partial charge in [-0.05, 0) is 20.3 Å². The van der Waals surface area contributed by atoms with Crippen LogP contribution in [-0.4, -0.2) is 47.1 Å². The van der Waals surface area contributed by atoms with Gasteiger partial charge in [-0.3, -0.25) is 9.59 Å². The Morgan fingerprint density at radius 3 is 2.79 bits per heavy atom. The Morgan fingerprint density at radius 2 is 2.21 bits per heavy atom. The van der Waals surface area contributed by atoms with Crippen molar-refractivity contribution in [3.05, 3.63) is 0 Å². The molecule has 0 bridgehead atoms. The van der Waals surface area contributed by atoms with Gasteiger partial charge in [-0.15, -0.1) is 0 Å². The topological polar surface area (TPSA) is 69.6 Å². The maximum atomic E-state index is 11.6. The Balaban J connectivity index is 2.66. The molecule has 0 atom stereocenters. The number of nitrogens with zero attached hydrogens (tertiary/aromatic N) is 1. The highest BCUT2D eigenvalue weighted by molar-refractivity contribution is 5.89. The van der Waals surface area contributed by atoms with E-state index >= 15 is 0 Å². The average molecular weight is 200 g/mol. The van der Waals surface area contributed by atoms with E-state index in [2.05, 4.69) is 5.32 Å². The third-order valence-electron chi connectivity index (χ3n) is 2.07. The van der Waals surface area contributed by atoms with Crippen LogP contribution in [0.15, 0.2) is 0 Å². The van der Waals surface area contributed by atoms with Crippen molar-refractivity contribution in [3.8, 4) is 0 Å². The number of carbonyl (C=O) groups excluding carboxylic acids is 2. The van der Waals surface area contributed by atoms with Crippen LogP contribution in [0.3, 0.4) is 0 Å². The second-order valence-electron chi connectivity index (χ2n) is 3.99. The first-order valence-electron chi connectivity index (χ1n) is 4.70. The van der Waals surface area contributed by atoms with E-state index in [1.165, 1.54) is 18.7 Å². The number of hydrogen-bond donors (Lipinski definition) is 2. The van der Waals surface area contributed by atoms with Crippen LogP contribution in [0, 0.1) is 0 Å². The molecule has 0 spiro atoms. The number of rotatable bonds is 1. The SMILES string of the molecule is CC(C)(O)C(=O)N1CCCNC(=O)C1. The van der Waals surface area contributed by atoms with Crippen LogP contribution in [0.25, 0.3) is 0 Å². The summed E-state index contributed by atoms with van der Waals surface area (Å²) in [4.78, 5) is 24.1. The molecule has 2 amide bonds. The zero-order valence-electron chi connectivity index (χ0n) is 8.54. The second-order valence-corrected chi connectivity index (χ2v) is 3.99. The molecule has 0 aromatic carbocycles. The Kier molecular flexibility index (Phi) is 3.10. The molecule has 0 aromatic heterocycles. The molecular weight excluding hydrogens is 184 g/mol. The van der Waals surface area contributed by atoms with Gasteiger partial charge in [-0.1, -0.05) is 0 Å². The highest BCUT2D eigenvalue weighted by Gasteiger charge is 2.30. The van der Waals surface area contributed by atoms with Crippen molar-refractivity contribution in [1.82, 2.24) is 10.2 Å². The fraction of sp³-hybridized carbons (Fsp3) is 0.778. The van der Waals surface area contributed by atoms with E-state index in [4.69, 9.17) is 0 Å². The van der Waals surface area contributed by atoms with Crippen LogP contribution >= 0.6 is 0 Å². The zero-order chi connectivity index (χ0) is 10.8. The minimum absolute atomic E-state index is 0.0445. The first-order valence-corrected chi connectivity index (χ1v) is 4.70. The number of amides is 2. The Morgan fingerprint density at radius 1 is 1.57 bits per heavy atom. The lowest BCUT2D eigenvalue weighted by Crippen LogP contribution is -2.47. The summed E-state index contributed by atoms with van der Waals surface area (Å²) < 4.78 is 0. The van der Waals surface area contributed by atoms with Gasteiger partial charge < -0.3 is 15.3 Å². The second kappa shape index (κ2) is 3.96. The quantitative estimate of drug-likeness (QED) is 0.576. The predicted octanol–water partition coefficient (Wildman–Crippen LogP) is -0.894. The van der Waals surface area contributed by atoms with Crippen LogP contribution < -0.4 is 5.32 Å². The van der Waals surface area contributed by atoms with Crippen LogP contribution in [0.2, 0.25) is 0 Å². The van der Waals surface area contributed by atoms with Crippen molar-refractivity contribution in [3.63, 3.8) is 0 Å². The molecule has 1 aliphatic rings. The lowest BCUT2D eigenvalue weighted by atomic mass is 10.1. The molecule has 1 rings (SSSR count). The lowest BCUT2D eigenvalue weighted by molar-refractivity contribution is -0.149. The fourth-order valence-electron chi connectivity index (χ4n) is 1.37. The smallest absolute Gasteiger partial charge is 0.254 e. The highest BCUT2D eigenvalue weighted by Crippen LogP contribution is 2.08. The molecule has 80 valence electrons. The molecule has 0 aliphatic carbocycles. The molecule has 1 fully saturated rings. The molecule has 1 heterocycles. The average Bonchev–Trinajstić information content (AvgIpc) is 2.26. The predicted molar refractivity (Wildman–Crippen MR) is 50.5 cm³/mol. The maximum Gasteiger partial charge on any atom is 0.254 e. The van der Waals surface area contributed by atoms with Crippen LogP contribution in [0.4, 0.5) is 0 Å². The van der Waals surface area contributed by atoms with Crippen LogP contribution in [0.1, 0.15) is 20.3 Å². The molecule has 0 aromatic rings. The highest BCUT2D eigenvalue weighted by atomic mass is 16.3. The normalized spacial score (nSPS) is 18.8.